The number of hydrogen-bond donors (Lipinski definition) is 2. The molecule has 3 N–H and O–H groups in total. The standard InChI is InChI=1S/C10H11BrN2O2/c11-8-3-1-7(2-4-8)6-13-10(15)9(14)5-12/h1-4H,5-6,12H2,(H,13,15). The zero-order valence-electron chi connectivity index (χ0n) is 8.00. The molecule has 0 aromatic heterocycles. The van der Waals surface area contributed by atoms with Gasteiger partial charge in [-0.25, -0.2) is 0 Å². The van der Waals surface area contributed by atoms with E-state index in [1.807, 2.05) is 24.3 Å². The Morgan fingerprint density at radius 2 is 1.87 bits per heavy atom. The highest BCUT2D eigenvalue weighted by molar-refractivity contribution is 9.10. The van der Waals surface area contributed by atoms with Crippen LogP contribution in [0, 0.1) is 0 Å². The number of carbonyl (C=O) groups excluding carboxylic acids is 2. The van der Waals surface area contributed by atoms with Gasteiger partial charge in [0.25, 0.3) is 5.91 Å². The minimum Gasteiger partial charge on any atom is -0.345 e. The molecular formula is C10H11BrN2O2. The van der Waals surface area contributed by atoms with Gasteiger partial charge in [-0.15, -0.1) is 0 Å². The summed E-state index contributed by atoms with van der Waals surface area (Å²) < 4.78 is 0.968. The summed E-state index contributed by atoms with van der Waals surface area (Å²) in [5.41, 5.74) is 5.97. The molecule has 0 bridgehead atoms. The second-order valence-electron chi connectivity index (χ2n) is 2.94. The van der Waals surface area contributed by atoms with Gasteiger partial charge in [-0.1, -0.05) is 28.1 Å². The summed E-state index contributed by atoms with van der Waals surface area (Å²) in [4.78, 5) is 21.9. The fourth-order valence-corrected chi connectivity index (χ4v) is 1.24. The second-order valence-corrected chi connectivity index (χ2v) is 3.85. The van der Waals surface area contributed by atoms with Gasteiger partial charge >= 0.3 is 0 Å². The average molecular weight is 271 g/mol. The summed E-state index contributed by atoms with van der Waals surface area (Å²) in [6, 6.07) is 7.45. The van der Waals surface area contributed by atoms with Crippen molar-refractivity contribution >= 4 is 27.6 Å². The largest absolute Gasteiger partial charge is 0.345 e. The van der Waals surface area contributed by atoms with Gasteiger partial charge < -0.3 is 11.1 Å². The van der Waals surface area contributed by atoms with E-state index < -0.39 is 11.7 Å². The summed E-state index contributed by atoms with van der Waals surface area (Å²) in [6.45, 7) is 0.0734. The Morgan fingerprint density at radius 3 is 2.40 bits per heavy atom. The quantitative estimate of drug-likeness (QED) is 0.787. The number of amides is 1. The molecule has 0 saturated carbocycles. The molecule has 1 rings (SSSR count). The van der Waals surface area contributed by atoms with Gasteiger partial charge in [-0.2, -0.15) is 0 Å². The van der Waals surface area contributed by atoms with Crippen LogP contribution in [0.3, 0.4) is 0 Å². The second kappa shape index (κ2) is 5.63. The Kier molecular flexibility index (Phi) is 4.45. The number of halogens is 1. The third kappa shape index (κ3) is 3.81. The summed E-state index contributed by atoms with van der Waals surface area (Å²) in [5.74, 6) is -1.24. The average Bonchev–Trinajstić information content (AvgIpc) is 2.26. The molecule has 4 nitrogen and oxygen atoms in total. The number of ketones is 1. The SMILES string of the molecule is NCC(=O)C(=O)NCc1ccc(Br)cc1. The van der Waals surface area contributed by atoms with E-state index >= 15 is 0 Å². The molecule has 15 heavy (non-hydrogen) atoms. The van der Waals surface area contributed by atoms with Crippen molar-refractivity contribution in [2.75, 3.05) is 6.54 Å². The van der Waals surface area contributed by atoms with Crippen LogP contribution >= 0.6 is 15.9 Å². The molecule has 1 aromatic carbocycles. The molecule has 0 atom stereocenters. The van der Waals surface area contributed by atoms with Crippen LogP contribution in [0.25, 0.3) is 0 Å². The first kappa shape index (κ1) is 11.9. The Hall–Kier alpha value is -1.20. The van der Waals surface area contributed by atoms with E-state index in [-0.39, 0.29) is 6.54 Å². The lowest BCUT2D eigenvalue weighted by atomic mass is 10.2. The van der Waals surface area contributed by atoms with Gasteiger partial charge in [0.2, 0.25) is 5.78 Å². The van der Waals surface area contributed by atoms with E-state index in [0.717, 1.165) is 10.0 Å². The van der Waals surface area contributed by atoms with Crippen molar-refractivity contribution in [2.45, 2.75) is 6.54 Å². The Morgan fingerprint density at radius 1 is 1.27 bits per heavy atom. The topological polar surface area (TPSA) is 72.2 Å². The maximum Gasteiger partial charge on any atom is 0.289 e. The maximum atomic E-state index is 11.1. The third-order valence-corrected chi connectivity index (χ3v) is 2.33. The first-order valence-corrected chi connectivity index (χ1v) is 5.18. The zero-order chi connectivity index (χ0) is 11.3. The number of nitrogens with one attached hydrogen (secondary N) is 1. The highest BCUT2D eigenvalue weighted by atomic mass is 79.9. The van der Waals surface area contributed by atoms with Crippen molar-refractivity contribution < 1.29 is 9.59 Å². The minimum absolute atomic E-state index is 0.258. The van der Waals surface area contributed by atoms with Crippen LogP contribution in [-0.4, -0.2) is 18.2 Å². The highest BCUT2D eigenvalue weighted by Gasteiger charge is 2.09. The van der Waals surface area contributed by atoms with Crippen LogP contribution in [0.1, 0.15) is 5.56 Å². The van der Waals surface area contributed by atoms with Crippen LogP contribution < -0.4 is 11.1 Å². The fourth-order valence-electron chi connectivity index (χ4n) is 0.976. The van der Waals surface area contributed by atoms with Crippen molar-refractivity contribution in [1.82, 2.24) is 5.32 Å². The number of benzene rings is 1. The third-order valence-electron chi connectivity index (χ3n) is 1.80. The number of nitrogens with two attached hydrogens (primary N) is 1. The van der Waals surface area contributed by atoms with E-state index in [4.69, 9.17) is 5.73 Å². The molecule has 0 spiro atoms. The molecule has 0 aliphatic heterocycles. The Labute approximate surface area is 96.0 Å². The summed E-state index contributed by atoms with van der Waals surface area (Å²) in [5, 5.41) is 2.49. The van der Waals surface area contributed by atoms with Crippen molar-refractivity contribution in [1.29, 1.82) is 0 Å². The zero-order valence-corrected chi connectivity index (χ0v) is 9.58. The van der Waals surface area contributed by atoms with E-state index in [2.05, 4.69) is 21.2 Å². The number of rotatable bonds is 4. The minimum atomic E-state index is -0.639. The molecule has 1 amide bonds. The first-order valence-electron chi connectivity index (χ1n) is 4.39. The van der Waals surface area contributed by atoms with E-state index in [1.54, 1.807) is 0 Å². The highest BCUT2D eigenvalue weighted by Crippen LogP contribution is 2.09. The van der Waals surface area contributed by atoms with Gasteiger partial charge in [0.05, 0.1) is 6.54 Å². The van der Waals surface area contributed by atoms with Gasteiger partial charge in [-0.3, -0.25) is 9.59 Å². The van der Waals surface area contributed by atoms with E-state index in [9.17, 15) is 9.59 Å². The summed E-state index contributed by atoms with van der Waals surface area (Å²) >= 11 is 3.30. The van der Waals surface area contributed by atoms with E-state index in [0.29, 0.717) is 6.54 Å². The number of hydrogen-bond acceptors (Lipinski definition) is 3. The van der Waals surface area contributed by atoms with Crippen molar-refractivity contribution in [3.05, 3.63) is 34.3 Å². The molecule has 0 fully saturated rings. The molecule has 0 radical (unpaired) electrons. The first-order chi connectivity index (χ1) is 7.13. The Balaban J connectivity index is 2.47. The van der Waals surface area contributed by atoms with Gasteiger partial charge in [0, 0.05) is 11.0 Å². The lowest BCUT2D eigenvalue weighted by Gasteiger charge is -2.03. The summed E-state index contributed by atoms with van der Waals surface area (Å²) in [6.07, 6.45) is 0. The van der Waals surface area contributed by atoms with Crippen LogP contribution in [0.15, 0.2) is 28.7 Å². The van der Waals surface area contributed by atoms with Gasteiger partial charge in [0.15, 0.2) is 0 Å². The lowest BCUT2D eigenvalue weighted by molar-refractivity contribution is -0.137. The lowest BCUT2D eigenvalue weighted by Crippen LogP contribution is -2.34. The summed E-state index contributed by atoms with van der Waals surface area (Å²) in [7, 11) is 0. The Bertz CT molecular complexity index is 362. The van der Waals surface area contributed by atoms with Crippen molar-refractivity contribution in [2.24, 2.45) is 5.73 Å². The molecule has 0 saturated heterocycles. The molecule has 0 unspecified atom stereocenters. The van der Waals surface area contributed by atoms with Crippen molar-refractivity contribution in [3.8, 4) is 0 Å². The van der Waals surface area contributed by atoms with Crippen molar-refractivity contribution in [3.63, 3.8) is 0 Å². The molecule has 80 valence electrons. The molecule has 1 aromatic rings. The maximum absolute atomic E-state index is 11.1. The fraction of sp³-hybridized carbons (Fsp3) is 0.200. The predicted octanol–water partition coefficient (Wildman–Crippen LogP) is 0.593. The molecule has 5 heteroatoms. The van der Waals surface area contributed by atoms with Crippen LogP contribution in [0.5, 0.6) is 0 Å². The predicted molar refractivity (Wildman–Crippen MR) is 60.1 cm³/mol. The van der Waals surface area contributed by atoms with E-state index in [1.165, 1.54) is 0 Å². The van der Waals surface area contributed by atoms with Crippen LogP contribution in [-0.2, 0) is 16.1 Å². The van der Waals surface area contributed by atoms with Gasteiger partial charge in [0.1, 0.15) is 0 Å². The molecule has 0 heterocycles. The molecule has 0 aliphatic rings. The monoisotopic (exact) mass is 270 g/mol. The van der Waals surface area contributed by atoms with Gasteiger partial charge in [-0.05, 0) is 17.7 Å². The number of carbonyl (C=O) groups is 2. The molecule has 0 aliphatic carbocycles. The van der Waals surface area contributed by atoms with Crippen LogP contribution in [0.2, 0.25) is 0 Å². The molecular weight excluding hydrogens is 260 g/mol. The normalized spacial score (nSPS) is 9.73. The van der Waals surface area contributed by atoms with Crippen LogP contribution in [0.4, 0.5) is 0 Å². The number of Topliss-reactive ketones (excluding diaryl/α,β-unsaturated/α-hetero) is 1. The smallest absolute Gasteiger partial charge is 0.289 e.